The van der Waals surface area contributed by atoms with Crippen LogP contribution in [0.3, 0.4) is 0 Å². The molecule has 2 aromatic carbocycles. The maximum absolute atomic E-state index is 12.9. The van der Waals surface area contributed by atoms with Gasteiger partial charge in [-0.3, -0.25) is 4.79 Å². The first kappa shape index (κ1) is 20.4. The lowest BCUT2D eigenvalue weighted by molar-refractivity contribution is -0.137. The van der Waals surface area contributed by atoms with Crippen LogP contribution in [0.2, 0.25) is 0 Å². The highest BCUT2D eigenvalue weighted by molar-refractivity contribution is 5.95. The molecule has 0 atom stereocenters. The second kappa shape index (κ2) is 8.81. The Bertz CT molecular complexity index is 968. The molecule has 3 rings (SSSR count). The number of hydrogen-bond donors (Lipinski definition) is 2. The number of benzene rings is 2. The molecule has 1 aromatic heterocycles. The standard InChI is InChI=1S/C21H21F3N4O/c1-15-19(20(29)26-12-6-11-25-17-8-3-2-4-9-17)14-27-28(15)18-10-5-7-16(13-18)21(22,23)24/h2-5,7-10,13-14,25H,6,11-12H2,1H3,(H,26,29). The second-order valence-electron chi connectivity index (χ2n) is 6.51. The number of alkyl halides is 3. The third-order valence-corrected chi connectivity index (χ3v) is 4.41. The third kappa shape index (κ3) is 5.16. The first-order valence-corrected chi connectivity index (χ1v) is 9.15. The Morgan fingerprint density at radius 3 is 2.55 bits per heavy atom. The smallest absolute Gasteiger partial charge is 0.385 e. The predicted octanol–water partition coefficient (Wildman–Crippen LogP) is 4.43. The summed E-state index contributed by atoms with van der Waals surface area (Å²) in [6.45, 7) is 2.82. The van der Waals surface area contributed by atoms with Crippen molar-refractivity contribution in [1.29, 1.82) is 0 Å². The Kier molecular flexibility index (Phi) is 6.21. The van der Waals surface area contributed by atoms with Crippen molar-refractivity contribution in [3.8, 4) is 5.69 Å². The third-order valence-electron chi connectivity index (χ3n) is 4.41. The van der Waals surface area contributed by atoms with Gasteiger partial charge in [-0.15, -0.1) is 0 Å². The van der Waals surface area contributed by atoms with Crippen LogP contribution >= 0.6 is 0 Å². The van der Waals surface area contributed by atoms with E-state index in [2.05, 4.69) is 15.7 Å². The summed E-state index contributed by atoms with van der Waals surface area (Å²) in [6, 6.07) is 14.6. The first-order chi connectivity index (χ1) is 13.9. The summed E-state index contributed by atoms with van der Waals surface area (Å²) >= 11 is 0. The minimum absolute atomic E-state index is 0.253. The normalized spacial score (nSPS) is 11.3. The average Bonchev–Trinajstić information content (AvgIpc) is 3.09. The van der Waals surface area contributed by atoms with Crippen LogP contribution < -0.4 is 10.6 Å². The molecule has 0 unspecified atom stereocenters. The molecular formula is C21H21F3N4O. The number of carbonyl (C=O) groups excluding carboxylic acids is 1. The lowest BCUT2D eigenvalue weighted by atomic mass is 10.2. The number of anilines is 1. The van der Waals surface area contributed by atoms with Crippen molar-refractivity contribution in [3.63, 3.8) is 0 Å². The van der Waals surface area contributed by atoms with Crippen LogP contribution in [0.5, 0.6) is 0 Å². The van der Waals surface area contributed by atoms with Crippen molar-refractivity contribution >= 4 is 11.6 Å². The molecule has 8 heteroatoms. The molecule has 1 heterocycles. The summed E-state index contributed by atoms with van der Waals surface area (Å²) in [4.78, 5) is 12.4. The fourth-order valence-electron chi connectivity index (χ4n) is 2.88. The van der Waals surface area contributed by atoms with Gasteiger partial charge in [-0.1, -0.05) is 24.3 Å². The number of hydrogen-bond acceptors (Lipinski definition) is 3. The van der Waals surface area contributed by atoms with Gasteiger partial charge in [0.15, 0.2) is 0 Å². The number of halogens is 3. The Labute approximate surface area is 166 Å². The van der Waals surface area contributed by atoms with Crippen LogP contribution in [0.1, 0.15) is 28.0 Å². The Morgan fingerprint density at radius 1 is 1.07 bits per heavy atom. The highest BCUT2D eigenvalue weighted by Crippen LogP contribution is 2.30. The lowest BCUT2D eigenvalue weighted by Crippen LogP contribution is -2.26. The SMILES string of the molecule is Cc1c(C(=O)NCCCNc2ccccc2)cnn1-c1cccc(C(F)(F)F)c1. The minimum Gasteiger partial charge on any atom is -0.385 e. The van der Waals surface area contributed by atoms with Crippen LogP contribution in [-0.2, 0) is 6.18 Å². The maximum atomic E-state index is 12.9. The zero-order valence-electron chi connectivity index (χ0n) is 15.8. The molecule has 3 aromatic rings. The fourth-order valence-corrected chi connectivity index (χ4v) is 2.88. The van der Waals surface area contributed by atoms with E-state index < -0.39 is 11.7 Å². The monoisotopic (exact) mass is 402 g/mol. The molecule has 2 N–H and O–H groups in total. The number of aromatic nitrogens is 2. The zero-order chi connectivity index (χ0) is 20.9. The summed E-state index contributed by atoms with van der Waals surface area (Å²) in [5, 5.41) is 10.2. The van der Waals surface area contributed by atoms with E-state index in [4.69, 9.17) is 0 Å². The van der Waals surface area contributed by atoms with Crippen LogP contribution in [0.25, 0.3) is 5.69 Å². The molecule has 29 heavy (non-hydrogen) atoms. The van der Waals surface area contributed by atoms with Crippen molar-refractivity contribution in [1.82, 2.24) is 15.1 Å². The number of para-hydroxylation sites is 1. The molecule has 0 saturated heterocycles. The predicted molar refractivity (Wildman–Crippen MR) is 105 cm³/mol. The van der Waals surface area contributed by atoms with Gasteiger partial charge >= 0.3 is 6.18 Å². The van der Waals surface area contributed by atoms with E-state index in [1.165, 1.54) is 23.0 Å². The van der Waals surface area contributed by atoms with Gasteiger partial charge in [0.1, 0.15) is 0 Å². The van der Waals surface area contributed by atoms with Crippen molar-refractivity contribution in [3.05, 3.63) is 77.6 Å². The van der Waals surface area contributed by atoms with Crippen LogP contribution in [-0.4, -0.2) is 28.8 Å². The molecule has 0 bridgehead atoms. The number of rotatable bonds is 7. The van der Waals surface area contributed by atoms with Crippen molar-refractivity contribution in [2.24, 2.45) is 0 Å². The second-order valence-corrected chi connectivity index (χ2v) is 6.51. The molecule has 1 amide bonds. The van der Waals surface area contributed by atoms with E-state index in [0.29, 0.717) is 24.3 Å². The van der Waals surface area contributed by atoms with E-state index >= 15 is 0 Å². The summed E-state index contributed by atoms with van der Waals surface area (Å²) in [5.41, 5.74) is 1.31. The van der Waals surface area contributed by atoms with E-state index in [0.717, 1.165) is 24.2 Å². The first-order valence-electron chi connectivity index (χ1n) is 9.15. The van der Waals surface area contributed by atoms with E-state index in [1.807, 2.05) is 30.3 Å². The molecule has 152 valence electrons. The topological polar surface area (TPSA) is 59.0 Å². The molecule has 0 aliphatic heterocycles. The summed E-state index contributed by atoms with van der Waals surface area (Å²) < 4.78 is 40.1. The molecule has 0 spiro atoms. The average molecular weight is 402 g/mol. The molecular weight excluding hydrogens is 381 g/mol. The molecule has 5 nitrogen and oxygen atoms in total. The number of amides is 1. The Hall–Kier alpha value is -3.29. The van der Waals surface area contributed by atoms with Crippen molar-refractivity contribution in [2.45, 2.75) is 19.5 Å². The molecule has 0 aliphatic rings. The van der Waals surface area contributed by atoms with Crippen LogP contribution in [0.15, 0.2) is 60.8 Å². The molecule has 0 saturated carbocycles. The van der Waals surface area contributed by atoms with Gasteiger partial charge in [0.05, 0.1) is 28.7 Å². The minimum atomic E-state index is -4.44. The molecule has 0 aliphatic carbocycles. The van der Waals surface area contributed by atoms with Crippen LogP contribution in [0.4, 0.5) is 18.9 Å². The number of nitrogens with zero attached hydrogens (tertiary/aromatic N) is 2. The maximum Gasteiger partial charge on any atom is 0.416 e. The van der Waals surface area contributed by atoms with Gasteiger partial charge in [-0.05, 0) is 43.7 Å². The Balaban J connectivity index is 1.58. The zero-order valence-corrected chi connectivity index (χ0v) is 15.8. The van der Waals surface area contributed by atoms with Gasteiger partial charge in [0.2, 0.25) is 0 Å². The molecule has 0 radical (unpaired) electrons. The van der Waals surface area contributed by atoms with Gasteiger partial charge in [0, 0.05) is 18.8 Å². The fraction of sp³-hybridized carbons (Fsp3) is 0.238. The Morgan fingerprint density at radius 2 is 1.83 bits per heavy atom. The van der Waals surface area contributed by atoms with Crippen molar-refractivity contribution < 1.29 is 18.0 Å². The van der Waals surface area contributed by atoms with E-state index in [-0.39, 0.29) is 11.6 Å². The number of carbonyl (C=O) groups is 1. The van der Waals surface area contributed by atoms with Gasteiger partial charge in [-0.2, -0.15) is 18.3 Å². The summed E-state index contributed by atoms with van der Waals surface area (Å²) in [6.07, 6.45) is -2.35. The number of nitrogens with one attached hydrogen (secondary N) is 2. The van der Waals surface area contributed by atoms with Gasteiger partial charge in [0.25, 0.3) is 5.91 Å². The van der Waals surface area contributed by atoms with Gasteiger partial charge < -0.3 is 10.6 Å². The summed E-state index contributed by atoms with van der Waals surface area (Å²) in [5.74, 6) is -0.305. The summed E-state index contributed by atoms with van der Waals surface area (Å²) in [7, 11) is 0. The highest BCUT2D eigenvalue weighted by Gasteiger charge is 2.30. The quantitative estimate of drug-likeness (QED) is 0.575. The molecule has 0 fully saturated rings. The van der Waals surface area contributed by atoms with Gasteiger partial charge in [-0.25, -0.2) is 4.68 Å². The largest absolute Gasteiger partial charge is 0.416 e. The highest BCUT2D eigenvalue weighted by atomic mass is 19.4. The van der Waals surface area contributed by atoms with Crippen LogP contribution in [0, 0.1) is 6.92 Å². The lowest BCUT2D eigenvalue weighted by Gasteiger charge is -2.10. The van der Waals surface area contributed by atoms with E-state index in [1.54, 1.807) is 6.92 Å². The van der Waals surface area contributed by atoms with E-state index in [9.17, 15) is 18.0 Å². The van der Waals surface area contributed by atoms with Crippen molar-refractivity contribution in [2.75, 3.05) is 18.4 Å².